The second-order valence-electron chi connectivity index (χ2n) is 3.51. The number of amides is 1. The van der Waals surface area contributed by atoms with Crippen LogP contribution < -0.4 is 5.32 Å². The summed E-state index contributed by atoms with van der Waals surface area (Å²) in [5, 5.41) is 11.8. The van der Waals surface area contributed by atoms with Gasteiger partial charge in [-0.2, -0.15) is 0 Å². The van der Waals surface area contributed by atoms with Gasteiger partial charge in [0.15, 0.2) is 0 Å². The van der Waals surface area contributed by atoms with Crippen molar-refractivity contribution in [3.8, 4) is 0 Å². The number of hydrogen-bond donors (Lipinski definition) is 2. The molecular weight excluding hydrogens is 212 g/mol. The van der Waals surface area contributed by atoms with Crippen LogP contribution in [0.5, 0.6) is 0 Å². The number of carbonyl (C=O) groups is 1. The SMILES string of the molecule is Cc1ncsc1C(=O)NCCCC(C)O. The number of aliphatic hydroxyl groups excluding tert-OH is 1. The van der Waals surface area contributed by atoms with Crippen LogP contribution in [-0.4, -0.2) is 28.6 Å². The number of carbonyl (C=O) groups excluding carboxylic acids is 1. The van der Waals surface area contributed by atoms with Crippen LogP contribution >= 0.6 is 11.3 Å². The highest BCUT2D eigenvalue weighted by molar-refractivity contribution is 7.11. The molecule has 1 rings (SSSR count). The van der Waals surface area contributed by atoms with Gasteiger partial charge in [-0.05, 0) is 26.7 Å². The Kier molecular flexibility index (Phi) is 4.71. The predicted molar refractivity (Wildman–Crippen MR) is 60.1 cm³/mol. The molecule has 1 heterocycles. The molecule has 0 saturated carbocycles. The summed E-state index contributed by atoms with van der Waals surface area (Å²) in [6, 6.07) is 0. The highest BCUT2D eigenvalue weighted by atomic mass is 32.1. The Hall–Kier alpha value is -0.940. The molecule has 0 saturated heterocycles. The summed E-state index contributed by atoms with van der Waals surface area (Å²) in [6.07, 6.45) is 1.20. The van der Waals surface area contributed by atoms with Crippen LogP contribution in [0, 0.1) is 6.92 Å². The lowest BCUT2D eigenvalue weighted by Crippen LogP contribution is -2.24. The molecule has 1 aromatic heterocycles. The molecule has 0 aliphatic carbocycles. The van der Waals surface area contributed by atoms with Crippen LogP contribution in [0.4, 0.5) is 0 Å². The summed E-state index contributed by atoms with van der Waals surface area (Å²) in [7, 11) is 0. The van der Waals surface area contributed by atoms with Crippen LogP contribution in [0.25, 0.3) is 0 Å². The van der Waals surface area contributed by atoms with Crippen LogP contribution in [0.2, 0.25) is 0 Å². The molecule has 0 fully saturated rings. The van der Waals surface area contributed by atoms with E-state index >= 15 is 0 Å². The molecule has 1 unspecified atom stereocenters. The van der Waals surface area contributed by atoms with E-state index in [0.29, 0.717) is 17.8 Å². The molecule has 0 spiro atoms. The Labute approximate surface area is 93.4 Å². The van der Waals surface area contributed by atoms with Crippen LogP contribution in [0.3, 0.4) is 0 Å². The third-order valence-electron chi connectivity index (χ3n) is 2.04. The summed E-state index contributed by atoms with van der Waals surface area (Å²) in [5.41, 5.74) is 2.44. The van der Waals surface area contributed by atoms with E-state index in [0.717, 1.165) is 12.1 Å². The molecular formula is C10H16N2O2S. The molecule has 0 aliphatic heterocycles. The zero-order valence-electron chi connectivity index (χ0n) is 8.99. The topological polar surface area (TPSA) is 62.2 Å². The molecule has 0 aromatic carbocycles. The maximum atomic E-state index is 11.6. The van der Waals surface area contributed by atoms with Crippen molar-refractivity contribution >= 4 is 17.2 Å². The number of aliphatic hydroxyl groups is 1. The van der Waals surface area contributed by atoms with Crippen molar-refractivity contribution < 1.29 is 9.90 Å². The molecule has 1 aromatic rings. The van der Waals surface area contributed by atoms with Gasteiger partial charge in [0, 0.05) is 6.54 Å². The second-order valence-corrected chi connectivity index (χ2v) is 4.37. The molecule has 0 radical (unpaired) electrons. The first-order valence-corrected chi connectivity index (χ1v) is 5.85. The van der Waals surface area contributed by atoms with Gasteiger partial charge in [-0.15, -0.1) is 11.3 Å². The molecule has 1 atom stereocenters. The summed E-state index contributed by atoms with van der Waals surface area (Å²) >= 11 is 1.35. The first-order chi connectivity index (χ1) is 7.11. The summed E-state index contributed by atoms with van der Waals surface area (Å²) < 4.78 is 0. The standard InChI is InChI=1S/C10H16N2O2S/c1-7(13)4-3-5-11-10(14)9-8(2)12-6-15-9/h6-7,13H,3-5H2,1-2H3,(H,11,14). The van der Waals surface area contributed by atoms with Gasteiger partial charge in [0.2, 0.25) is 0 Å². The predicted octanol–water partition coefficient (Wildman–Crippen LogP) is 1.34. The maximum Gasteiger partial charge on any atom is 0.263 e. The number of aromatic nitrogens is 1. The number of aryl methyl sites for hydroxylation is 1. The first kappa shape index (κ1) is 12.1. The summed E-state index contributed by atoms with van der Waals surface area (Å²) in [6.45, 7) is 4.16. The zero-order chi connectivity index (χ0) is 11.3. The zero-order valence-corrected chi connectivity index (χ0v) is 9.80. The van der Waals surface area contributed by atoms with Gasteiger partial charge >= 0.3 is 0 Å². The fourth-order valence-corrected chi connectivity index (χ4v) is 1.92. The molecule has 15 heavy (non-hydrogen) atoms. The molecule has 84 valence electrons. The Balaban J connectivity index is 2.28. The minimum atomic E-state index is -0.299. The van der Waals surface area contributed by atoms with E-state index < -0.39 is 0 Å². The van der Waals surface area contributed by atoms with Gasteiger partial charge in [-0.3, -0.25) is 4.79 Å². The number of nitrogens with one attached hydrogen (secondary N) is 1. The fourth-order valence-electron chi connectivity index (χ4n) is 1.20. The van der Waals surface area contributed by atoms with Crippen LogP contribution in [-0.2, 0) is 0 Å². The fraction of sp³-hybridized carbons (Fsp3) is 0.600. The van der Waals surface area contributed by atoms with Crippen molar-refractivity contribution in [3.05, 3.63) is 16.1 Å². The highest BCUT2D eigenvalue weighted by Gasteiger charge is 2.10. The van der Waals surface area contributed by atoms with Crippen LogP contribution in [0.15, 0.2) is 5.51 Å². The van der Waals surface area contributed by atoms with Gasteiger partial charge < -0.3 is 10.4 Å². The van der Waals surface area contributed by atoms with Crippen LogP contribution in [0.1, 0.15) is 35.1 Å². The average Bonchev–Trinajstić information content (AvgIpc) is 2.58. The van der Waals surface area contributed by atoms with Gasteiger partial charge in [0.05, 0.1) is 17.3 Å². The number of nitrogens with zero attached hydrogens (tertiary/aromatic N) is 1. The van der Waals surface area contributed by atoms with Gasteiger partial charge in [-0.1, -0.05) is 0 Å². The number of thiazole rings is 1. The van der Waals surface area contributed by atoms with Gasteiger partial charge in [0.25, 0.3) is 5.91 Å². The molecule has 0 bridgehead atoms. The number of rotatable bonds is 5. The smallest absolute Gasteiger partial charge is 0.263 e. The van der Waals surface area contributed by atoms with E-state index in [1.807, 2.05) is 6.92 Å². The van der Waals surface area contributed by atoms with E-state index in [-0.39, 0.29) is 12.0 Å². The van der Waals surface area contributed by atoms with Crippen molar-refractivity contribution in [1.82, 2.24) is 10.3 Å². The molecule has 5 heteroatoms. The van der Waals surface area contributed by atoms with E-state index in [1.165, 1.54) is 11.3 Å². The monoisotopic (exact) mass is 228 g/mol. The lowest BCUT2D eigenvalue weighted by molar-refractivity contribution is 0.0953. The van der Waals surface area contributed by atoms with Crippen molar-refractivity contribution in [1.29, 1.82) is 0 Å². The maximum absolute atomic E-state index is 11.6. The Morgan fingerprint density at radius 3 is 3.00 bits per heavy atom. The van der Waals surface area contributed by atoms with E-state index in [2.05, 4.69) is 10.3 Å². The quantitative estimate of drug-likeness (QED) is 0.748. The Morgan fingerprint density at radius 2 is 2.47 bits per heavy atom. The summed E-state index contributed by atoms with van der Waals surface area (Å²) in [5.74, 6) is -0.0689. The third kappa shape index (κ3) is 3.97. The lowest BCUT2D eigenvalue weighted by atomic mass is 10.2. The molecule has 1 amide bonds. The minimum absolute atomic E-state index is 0.0689. The second kappa shape index (κ2) is 5.82. The van der Waals surface area contributed by atoms with Crippen molar-refractivity contribution in [2.75, 3.05) is 6.54 Å². The lowest BCUT2D eigenvalue weighted by Gasteiger charge is -2.05. The normalized spacial score (nSPS) is 12.5. The highest BCUT2D eigenvalue weighted by Crippen LogP contribution is 2.11. The minimum Gasteiger partial charge on any atom is -0.393 e. The van der Waals surface area contributed by atoms with Gasteiger partial charge in [-0.25, -0.2) is 4.98 Å². The average molecular weight is 228 g/mol. The van der Waals surface area contributed by atoms with E-state index in [1.54, 1.807) is 12.4 Å². The van der Waals surface area contributed by atoms with Gasteiger partial charge in [0.1, 0.15) is 4.88 Å². The number of hydrogen-bond acceptors (Lipinski definition) is 4. The first-order valence-electron chi connectivity index (χ1n) is 4.97. The third-order valence-corrected chi connectivity index (χ3v) is 2.96. The van der Waals surface area contributed by atoms with E-state index in [9.17, 15) is 4.79 Å². The van der Waals surface area contributed by atoms with E-state index in [4.69, 9.17) is 5.11 Å². The van der Waals surface area contributed by atoms with Crippen molar-refractivity contribution in [2.24, 2.45) is 0 Å². The molecule has 4 nitrogen and oxygen atoms in total. The van der Waals surface area contributed by atoms with Crippen molar-refractivity contribution in [3.63, 3.8) is 0 Å². The molecule has 0 aliphatic rings. The molecule has 2 N–H and O–H groups in total. The Morgan fingerprint density at radius 1 is 1.73 bits per heavy atom. The summed E-state index contributed by atoms with van der Waals surface area (Å²) in [4.78, 5) is 16.3. The Bertz CT molecular complexity index is 323. The van der Waals surface area contributed by atoms with Crippen molar-refractivity contribution in [2.45, 2.75) is 32.8 Å². The largest absolute Gasteiger partial charge is 0.393 e.